The number of aliphatic carboxylic acids is 1. The van der Waals surface area contributed by atoms with E-state index in [9.17, 15) is 19.2 Å². The Labute approximate surface area is 192 Å². The van der Waals surface area contributed by atoms with Gasteiger partial charge in [-0.1, -0.05) is 32.4 Å². The number of nitrogens with two attached hydrogens (primary N) is 1. The molecule has 1 saturated heterocycles. The zero-order valence-electron chi connectivity index (χ0n) is 18.6. The monoisotopic (exact) mass is 466 g/mol. The molecule has 176 valence electrons. The number of carbonyl (C=O) groups is 4. The lowest BCUT2D eigenvalue weighted by Gasteiger charge is -2.36. The molecular formula is C22H31ClN4O5. The van der Waals surface area contributed by atoms with Gasteiger partial charge >= 0.3 is 5.97 Å². The molecule has 0 saturated carbocycles. The molecule has 0 unspecified atom stereocenters. The number of carboxylic acid groups (broad SMARTS) is 1. The first-order valence-electron chi connectivity index (χ1n) is 10.5. The summed E-state index contributed by atoms with van der Waals surface area (Å²) in [5.41, 5.74) is 5.79. The third-order valence-electron chi connectivity index (χ3n) is 5.49. The van der Waals surface area contributed by atoms with Crippen molar-refractivity contribution in [1.29, 1.82) is 0 Å². The normalized spacial score (nSPS) is 18.1. The first kappa shape index (κ1) is 25.6. The zero-order chi connectivity index (χ0) is 24.1. The van der Waals surface area contributed by atoms with E-state index in [2.05, 4.69) is 10.6 Å². The fourth-order valence-corrected chi connectivity index (χ4v) is 3.86. The van der Waals surface area contributed by atoms with Crippen molar-refractivity contribution >= 4 is 41.4 Å². The molecule has 0 aromatic heterocycles. The van der Waals surface area contributed by atoms with Crippen molar-refractivity contribution in [2.75, 3.05) is 18.8 Å². The predicted molar refractivity (Wildman–Crippen MR) is 121 cm³/mol. The number of nitrogens with one attached hydrogen (secondary N) is 2. The summed E-state index contributed by atoms with van der Waals surface area (Å²) in [4.78, 5) is 50.0. The Hall–Kier alpha value is -2.65. The standard InChI is InChI=1S/C22H31ClN4O5/c1-22(2,3)19(26-20(31)13-6-7-17(24)16(23)9-13)21(32)27-8-4-5-15(27)11-25-14(12-28)10-18(29)30/h6-7,9,12,14-15,19,25H,4-5,8,10-11,24H2,1-3H3,(H,26,31)(H,29,30)/t14-,15-,19+/m0/s1. The Bertz CT molecular complexity index is 870. The van der Waals surface area contributed by atoms with Crippen LogP contribution in [0.3, 0.4) is 0 Å². The third-order valence-corrected chi connectivity index (χ3v) is 5.81. The molecule has 1 heterocycles. The molecule has 3 atom stereocenters. The number of rotatable bonds is 9. The van der Waals surface area contributed by atoms with Crippen molar-refractivity contribution in [3.8, 4) is 0 Å². The van der Waals surface area contributed by atoms with Gasteiger partial charge in [0.15, 0.2) is 0 Å². The molecule has 0 radical (unpaired) electrons. The van der Waals surface area contributed by atoms with Gasteiger partial charge < -0.3 is 31.2 Å². The van der Waals surface area contributed by atoms with Crippen LogP contribution in [0.1, 0.15) is 50.4 Å². The molecule has 0 bridgehead atoms. The number of likely N-dealkylation sites (tertiary alicyclic amines) is 1. The smallest absolute Gasteiger partial charge is 0.305 e. The van der Waals surface area contributed by atoms with E-state index >= 15 is 0 Å². The molecule has 0 spiro atoms. The third kappa shape index (κ3) is 6.67. The Kier molecular flexibility index (Phi) is 8.63. The van der Waals surface area contributed by atoms with E-state index in [4.69, 9.17) is 22.4 Å². The van der Waals surface area contributed by atoms with Gasteiger partial charge in [0.25, 0.3) is 5.91 Å². The van der Waals surface area contributed by atoms with E-state index in [1.165, 1.54) is 12.1 Å². The van der Waals surface area contributed by atoms with Crippen LogP contribution in [0, 0.1) is 5.41 Å². The lowest BCUT2D eigenvalue weighted by molar-refractivity contribution is -0.139. The number of hydrogen-bond acceptors (Lipinski definition) is 6. The first-order chi connectivity index (χ1) is 14.9. The Balaban J connectivity index is 2.13. The second-order valence-corrected chi connectivity index (χ2v) is 9.49. The van der Waals surface area contributed by atoms with Crippen molar-refractivity contribution in [3.63, 3.8) is 0 Å². The van der Waals surface area contributed by atoms with Gasteiger partial charge in [-0.15, -0.1) is 0 Å². The maximum Gasteiger partial charge on any atom is 0.305 e. The number of anilines is 1. The average molecular weight is 467 g/mol. The summed E-state index contributed by atoms with van der Waals surface area (Å²) in [6, 6.07) is 2.72. The zero-order valence-corrected chi connectivity index (χ0v) is 19.3. The molecule has 1 fully saturated rings. The number of nitrogens with zero attached hydrogens (tertiary/aromatic N) is 1. The van der Waals surface area contributed by atoms with Crippen LogP contribution >= 0.6 is 11.6 Å². The Morgan fingerprint density at radius 2 is 2.03 bits per heavy atom. The fraction of sp³-hybridized carbons (Fsp3) is 0.545. The van der Waals surface area contributed by atoms with Crippen LogP contribution in [0.5, 0.6) is 0 Å². The topological polar surface area (TPSA) is 142 Å². The lowest BCUT2D eigenvalue weighted by atomic mass is 9.85. The summed E-state index contributed by atoms with van der Waals surface area (Å²) in [6.45, 7) is 6.41. The van der Waals surface area contributed by atoms with E-state index in [0.717, 1.165) is 12.8 Å². The SMILES string of the molecule is CC(C)(C)[C@H](NC(=O)c1ccc(N)c(Cl)c1)C(=O)N1CCC[C@H]1CN[C@H](C=O)CC(=O)O. The molecular weight excluding hydrogens is 436 g/mol. The minimum absolute atomic E-state index is 0.202. The van der Waals surface area contributed by atoms with Crippen molar-refractivity contribution < 1.29 is 24.3 Å². The number of aldehydes is 1. The van der Waals surface area contributed by atoms with Crippen molar-refractivity contribution in [2.24, 2.45) is 5.41 Å². The van der Waals surface area contributed by atoms with Gasteiger partial charge in [-0.3, -0.25) is 14.4 Å². The van der Waals surface area contributed by atoms with E-state index in [1.54, 1.807) is 11.0 Å². The molecule has 2 rings (SSSR count). The van der Waals surface area contributed by atoms with E-state index in [0.29, 0.717) is 30.6 Å². The van der Waals surface area contributed by atoms with Gasteiger partial charge in [0.2, 0.25) is 5.91 Å². The predicted octanol–water partition coefficient (Wildman–Crippen LogP) is 1.69. The van der Waals surface area contributed by atoms with Gasteiger partial charge in [0.1, 0.15) is 12.3 Å². The Morgan fingerprint density at radius 1 is 1.34 bits per heavy atom. The van der Waals surface area contributed by atoms with Gasteiger partial charge in [0, 0.05) is 24.7 Å². The van der Waals surface area contributed by atoms with E-state index < -0.39 is 29.4 Å². The largest absolute Gasteiger partial charge is 0.481 e. The van der Waals surface area contributed by atoms with Crippen LogP contribution in [0.4, 0.5) is 5.69 Å². The molecule has 2 amide bonds. The molecule has 0 aliphatic carbocycles. The Morgan fingerprint density at radius 3 is 2.59 bits per heavy atom. The summed E-state index contributed by atoms with van der Waals surface area (Å²) >= 11 is 6.02. The van der Waals surface area contributed by atoms with Crippen LogP contribution in [0.2, 0.25) is 5.02 Å². The molecule has 32 heavy (non-hydrogen) atoms. The minimum Gasteiger partial charge on any atom is -0.481 e. The second-order valence-electron chi connectivity index (χ2n) is 9.09. The maximum atomic E-state index is 13.5. The molecule has 5 N–H and O–H groups in total. The number of benzene rings is 1. The van der Waals surface area contributed by atoms with Crippen LogP contribution < -0.4 is 16.4 Å². The highest BCUT2D eigenvalue weighted by atomic mass is 35.5. The van der Waals surface area contributed by atoms with E-state index in [1.807, 2.05) is 20.8 Å². The van der Waals surface area contributed by atoms with Gasteiger partial charge in [-0.25, -0.2) is 0 Å². The molecule has 1 aromatic carbocycles. The molecule has 9 nitrogen and oxygen atoms in total. The molecule has 1 aromatic rings. The van der Waals surface area contributed by atoms with Gasteiger partial charge in [0.05, 0.1) is 23.2 Å². The molecule has 10 heteroatoms. The fourth-order valence-electron chi connectivity index (χ4n) is 3.68. The van der Waals surface area contributed by atoms with E-state index in [-0.39, 0.29) is 23.4 Å². The van der Waals surface area contributed by atoms with Crippen molar-refractivity contribution in [1.82, 2.24) is 15.5 Å². The highest BCUT2D eigenvalue weighted by molar-refractivity contribution is 6.33. The van der Waals surface area contributed by atoms with Gasteiger partial charge in [-0.05, 0) is 36.5 Å². The van der Waals surface area contributed by atoms with Crippen molar-refractivity contribution in [3.05, 3.63) is 28.8 Å². The summed E-state index contributed by atoms with van der Waals surface area (Å²) in [7, 11) is 0. The quantitative estimate of drug-likeness (QED) is 0.320. The minimum atomic E-state index is -1.08. The van der Waals surface area contributed by atoms with Gasteiger partial charge in [-0.2, -0.15) is 0 Å². The number of carbonyl (C=O) groups excluding carboxylic acids is 3. The number of carboxylic acids is 1. The molecule has 1 aliphatic heterocycles. The maximum absolute atomic E-state index is 13.5. The van der Waals surface area contributed by atoms with Crippen molar-refractivity contribution in [2.45, 2.75) is 58.2 Å². The molecule has 1 aliphatic rings. The number of nitrogen functional groups attached to an aromatic ring is 1. The lowest BCUT2D eigenvalue weighted by Crippen LogP contribution is -2.57. The number of amides is 2. The number of halogens is 1. The number of hydrogen-bond donors (Lipinski definition) is 4. The highest BCUT2D eigenvalue weighted by Gasteiger charge is 2.39. The second kappa shape index (κ2) is 10.8. The first-order valence-corrected chi connectivity index (χ1v) is 10.9. The average Bonchev–Trinajstić information content (AvgIpc) is 3.18. The van der Waals surface area contributed by atoms with Crippen LogP contribution in [0.15, 0.2) is 18.2 Å². The van der Waals surface area contributed by atoms with Crippen LogP contribution in [0.25, 0.3) is 0 Å². The highest BCUT2D eigenvalue weighted by Crippen LogP contribution is 2.26. The van der Waals surface area contributed by atoms with Crippen LogP contribution in [-0.4, -0.2) is 65.3 Å². The summed E-state index contributed by atoms with van der Waals surface area (Å²) in [5.74, 6) is -1.73. The van der Waals surface area contributed by atoms with Crippen LogP contribution in [-0.2, 0) is 14.4 Å². The summed E-state index contributed by atoms with van der Waals surface area (Å²) < 4.78 is 0. The summed E-state index contributed by atoms with van der Waals surface area (Å²) in [5, 5.41) is 14.9. The summed E-state index contributed by atoms with van der Waals surface area (Å²) in [6.07, 6.45) is 1.73.